The highest BCUT2D eigenvalue weighted by Crippen LogP contribution is 2.58. The van der Waals surface area contributed by atoms with E-state index >= 15 is 0 Å². The molecule has 0 unspecified atom stereocenters. The summed E-state index contributed by atoms with van der Waals surface area (Å²) >= 11 is 6.59. The average Bonchev–Trinajstić information content (AvgIpc) is 3.49. The Morgan fingerprint density at radius 2 is 1.56 bits per heavy atom. The molecule has 3 aliphatic heterocycles. The number of fused-ring (bicyclic) bond motifs is 6. The van der Waals surface area contributed by atoms with Gasteiger partial charge in [-0.25, -0.2) is 0 Å². The zero-order chi connectivity index (χ0) is 29.9. The van der Waals surface area contributed by atoms with Crippen molar-refractivity contribution in [2.24, 2.45) is 5.92 Å². The van der Waals surface area contributed by atoms with Gasteiger partial charge in [-0.15, -0.1) is 0 Å². The van der Waals surface area contributed by atoms with Gasteiger partial charge in [0.15, 0.2) is 11.6 Å². The molecule has 1 amide bonds. The van der Waals surface area contributed by atoms with Gasteiger partial charge in [0.05, 0.1) is 17.0 Å². The molecule has 1 spiro atoms. The highest BCUT2D eigenvalue weighted by atomic mass is 35.5. The second kappa shape index (κ2) is 10.1. The molecule has 4 aromatic carbocycles. The molecule has 1 fully saturated rings. The first kappa shape index (κ1) is 26.9. The van der Waals surface area contributed by atoms with Crippen LogP contribution in [0.1, 0.15) is 38.8 Å². The fourth-order valence-electron chi connectivity index (χ4n) is 6.97. The number of carbonyl (C=O) groups excluding carboxylic acids is 4. The fraction of sp³-hybridized carbons (Fsp3) is 0.143. The molecule has 3 heterocycles. The number of halogens is 1. The molecule has 3 aliphatic rings. The normalized spacial score (nSPS) is 22.9. The Kier molecular flexibility index (Phi) is 6.29. The van der Waals surface area contributed by atoms with Crippen molar-refractivity contribution in [3.63, 3.8) is 0 Å². The molecule has 0 aromatic heterocycles. The summed E-state index contributed by atoms with van der Waals surface area (Å²) in [5.41, 5.74) is 2.00. The highest BCUT2D eigenvalue weighted by molar-refractivity contribution is 6.34. The van der Waals surface area contributed by atoms with E-state index in [2.05, 4.69) is 5.32 Å². The van der Waals surface area contributed by atoms with Crippen molar-refractivity contribution in [2.75, 3.05) is 10.2 Å². The van der Waals surface area contributed by atoms with Crippen LogP contribution in [-0.4, -0.2) is 35.5 Å². The molecular weight excluding hydrogens is 564 g/mol. The third kappa shape index (κ3) is 3.96. The molecule has 7 rings (SSSR count). The average molecular weight is 589 g/mol. The maximum atomic E-state index is 14.8. The van der Waals surface area contributed by atoms with E-state index in [1.807, 2.05) is 65.6 Å². The summed E-state index contributed by atoms with van der Waals surface area (Å²) in [6.07, 6.45) is 3.87. The molecular formula is C35H25ClN2O5. The Morgan fingerprint density at radius 1 is 0.860 bits per heavy atom. The van der Waals surface area contributed by atoms with Gasteiger partial charge in [0.25, 0.3) is 0 Å². The van der Waals surface area contributed by atoms with Crippen molar-refractivity contribution >= 4 is 52.5 Å². The van der Waals surface area contributed by atoms with Gasteiger partial charge in [-0.1, -0.05) is 72.3 Å². The van der Waals surface area contributed by atoms with Crippen molar-refractivity contribution in [3.8, 4) is 5.75 Å². The number of carbonyl (C=O) groups is 4. The van der Waals surface area contributed by atoms with Gasteiger partial charge in [0, 0.05) is 29.4 Å². The summed E-state index contributed by atoms with van der Waals surface area (Å²) in [5, 5.41) is 3.26. The Morgan fingerprint density at radius 3 is 2.33 bits per heavy atom. The third-order valence-corrected chi connectivity index (χ3v) is 8.96. The predicted molar refractivity (Wildman–Crippen MR) is 164 cm³/mol. The lowest BCUT2D eigenvalue weighted by Crippen LogP contribution is -2.51. The van der Waals surface area contributed by atoms with E-state index in [0.717, 1.165) is 11.3 Å². The van der Waals surface area contributed by atoms with E-state index in [-0.39, 0.29) is 22.3 Å². The van der Waals surface area contributed by atoms with Crippen LogP contribution in [0, 0.1) is 5.92 Å². The number of para-hydroxylation sites is 2. The van der Waals surface area contributed by atoms with Crippen molar-refractivity contribution in [1.29, 1.82) is 0 Å². The van der Waals surface area contributed by atoms with Gasteiger partial charge < -0.3 is 15.0 Å². The molecule has 0 bridgehead atoms. The number of nitrogens with one attached hydrogen (secondary N) is 1. The monoisotopic (exact) mass is 588 g/mol. The minimum absolute atomic E-state index is 0.242. The third-order valence-electron chi connectivity index (χ3n) is 8.63. The van der Waals surface area contributed by atoms with Gasteiger partial charge >= 0.3 is 5.97 Å². The molecule has 0 aliphatic carbocycles. The molecule has 1 N–H and O–H groups in total. The van der Waals surface area contributed by atoms with E-state index in [4.69, 9.17) is 16.3 Å². The largest absolute Gasteiger partial charge is 0.427 e. The number of Topliss-reactive ketones (excluding diaryl/α,β-unsaturated/α-hetero) is 2. The quantitative estimate of drug-likeness (QED) is 0.171. The number of rotatable bonds is 5. The van der Waals surface area contributed by atoms with Gasteiger partial charge in [-0.3, -0.25) is 19.2 Å². The standard InChI is InChI=1S/C35H25ClN2O5/c1-20(39)43-23-17-14-22(15-18-23)32(40)31-30(33(41)24-9-3-5-11-26(24)36)35(25-10-4-6-12-27(25)37-34(35)42)29-19-16-21-8-2-7-13-28(21)38(29)31/h2-19,29-31H,1H3,(H,37,42)/t29-,30-,31+,35+/m1/s1. The number of nitrogens with zero attached hydrogens (tertiary/aromatic N) is 1. The zero-order valence-corrected chi connectivity index (χ0v) is 23.7. The van der Waals surface area contributed by atoms with Gasteiger partial charge in [0.1, 0.15) is 17.2 Å². The van der Waals surface area contributed by atoms with Crippen LogP contribution in [0.2, 0.25) is 5.02 Å². The SMILES string of the molecule is CC(=O)Oc1ccc(C(=O)[C@@H]2[C@H](C(=O)c3ccccc3Cl)[C@@]3(C(=O)Nc4ccccc43)[C@H]3C=Cc4ccccc4N23)cc1. The van der Waals surface area contributed by atoms with E-state index in [1.54, 1.807) is 48.5 Å². The number of anilines is 2. The molecule has 4 aromatic rings. The Bertz CT molecular complexity index is 1870. The number of amides is 1. The number of hydrogen-bond donors (Lipinski definition) is 1. The maximum Gasteiger partial charge on any atom is 0.308 e. The van der Waals surface area contributed by atoms with Crippen molar-refractivity contribution < 1.29 is 23.9 Å². The number of esters is 1. The van der Waals surface area contributed by atoms with E-state index < -0.39 is 35.2 Å². The molecule has 0 radical (unpaired) electrons. The molecule has 8 heteroatoms. The van der Waals surface area contributed by atoms with E-state index in [0.29, 0.717) is 22.6 Å². The Labute approximate surface area is 252 Å². The lowest BCUT2D eigenvalue weighted by atomic mass is 9.64. The highest BCUT2D eigenvalue weighted by Gasteiger charge is 2.70. The molecule has 0 saturated carbocycles. The summed E-state index contributed by atoms with van der Waals surface area (Å²) in [5.74, 6) is -2.41. The second-order valence-corrected chi connectivity index (χ2v) is 11.3. The van der Waals surface area contributed by atoms with Gasteiger partial charge in [-0.2, -0.15) is 0 Å². The summed E-state index contributed by atoms with van der Waals surface area (Å²) in [4.78, 5) is 57.4. The summed E-state index contributed by atoms with van der Waals surface area (Å²) in [6, 6.07) is 26.2. The number of hydrogen-bond acceptors (Lipinski definition) is 6. The lowest BCUT2D eigenvalue weighted by Gasteiger charge is -2.37. The Hall–Kier alpha value is -5.01. The van der Waals surface area contributed by atoms with Crippen LogP contribution in [0.4, 0.5) is 11.4 Å². The smallest absolute Gasteiger partial charge is 0.308 e. The topological polar surface area (TPSA) is 92.8 Å². The van der Waals surface area contributed by atoms with Crippen LogP contribution in [0.25, 0.3) is 6.08 Å². The fourth-order valence-corrected chi connectivity index (χ4v) is 7.20. The first-order valence-electron chi connectivity index (χ1n) is 13.9. The van der Waals surface area contributed by atoms with Crippen molar-refractivity contribution in [1.82, 2.24) is 0 Å². The maximum absolute atomic E-state index is 14.8. The Balaban J connectivity index is 1.49. The van der Waals surface area contributed by atoms with E-state index in [1.165, 1.54) is 6.92 Å². The minimum atomic E-state index is -1.44. The molecule has 4 atom stereocenters. The van der Waals surface area contributed by atoms with Crippen molar-refractivity contribution in [2.45, 2.75) is 24.4 Å². The number of ether oxygens (including phenoxy) is 1. The van der Waals surface area contributed by atoms with Crippen LogP contribution < -0.4 is 15.0 Å². The van der Waals surface area contributed by atoms with Crippen molar-refractivity contribution in [3.05, 3.63) is 130 Å². The second-order valence-electron chi connectivity index (χ2n) is 10.9. The van der Waals surface area contributed by atoms with Crippen LogP contribution >= 0.6 is 11.6 Å². The van der Waals surface area contributed by atoms with Crippen LogP contribution in [0.5, 0.6) is 5.75 Å². The summed E-state index contributed by atoms with van der Waals surface area (Å²) in [7, 11) is 0. The lowest BCUT2D eigenvalue weighted by molar-refractivity contribution is -0.131. The molecule has 43 heavy (non-hydrogen) atoms. The molecule has 212 valence electrons. The van der Waals surface area contributed by atoms with Crippen LogP contribution in [0.15, 0.2) is 103 Å². The van der Waals surface area contributed by atoms with Gasteiger partial charge in [-0.05, 0) is 59.7 Å². The molecule has 1 saturated heterocycles. The minimum Gasteiger partial charge on any atom is -0.427 e. The van der Waals surface area contributed by atoms with E-state index in [9.17, 15) is 19.2 Å². The van der Waals surface area contributed by atoms with Gasteiger partial charge in [0.2, 0.25) is 5.91 Å². The van der Waals surface area contributed by atoms with Crippen LogP contribution in [0.3, 0.4) is 0 Å². The predicted octanol–water partition coefficient (Wildman–Crippen LogP) is 6.12. The zero-order valence-electron chi connectivity index (χ0n) is 23.0. The number of ketones is 2. The first-order valence-corrected chi connectivity index (χ1v) is 14.3. The number of benzene rings is 4. The first-order chi connectivity index (χ1) is 20.8. The van der Waals surface area contributed by atoms with Crippen LogP contribution in [-0.2, 0) is 15.0 Å². The molecule has 7 nitrogen and oxygen atoms in total. The summed E-state index contributed by atoms with van der Waals surface area (Å²) < 4.78 is 5.17. The summed E-state index contributed by atoms with van der Waals surface area (Å²) in [6.45, 7) is 1.30.